The van der Waals surface area contributed by atoms with Gasteiger partial charge in [0, 0.05) is 19.4 Å². The van der Waals surface area contributed by atoms with Gasteiger partial charge >= 0.3 is 11.9 Å². The van der Waals surface area contributed by atoms with Crippen LogP contribution in [0.25, 0.3) is 0 Å². The van der Waals surface area contributed by atoms with E-state index in [9.17, 15) is 9.59 Å². The molecule has 0 aromatic rings. The molecule has 386 valence electrons. The highest BCUT2D eigenvalue weighted by Gasteiger charge is 2.17. The fourth-order valence-electron chi connectivity index (χ4n) is 7.35. The van der Waals surface area contributed by atoms with Crippen molar-refractivity contribution < 1.29 is 23.8 Å². The molecule has 68 heavy (non-hydrogen) atoms. The molecular weight excluding hydrogens is 837 g/mol. The monoisotopic (exact) mass is 941 g/mol. The minimum Gasteiger partial charge on any atom is -0.462 e. The van der Waals surface area contributed by atoms with Gasteiger partial charge in [0.05, 0.1) is 6.61 Å². The normalized spacial score (nSPS) is 13.2. The summed E-state index contributed by atoms with van der Waals surface area (Å²) in [6.07, 6.45) is 80.8. The van der Waals surface area contributed by atoms with Crippen LogP contribution in [0.2, 0.25) is 0 Å². The quantitative estimate of drug-likeness (QED) is 0.0345. The highest BCUT2D eigenvalue weighted by Crippen LogP contribution is 2.14. The highest BCUT2D eigenvalue weighted by molar-refractivity contribution is 5.70. The minimum absolute atomic E-state index is 0.0480. The van der Waals surface area contributed by atoms with Crippen molar-refractivity contribution in [2.45, 2.75) is 245 Å². The van der Waals surface area contributed by atoms with Crippen LogP contribution >= 0.6 is 0 Å². The van der Waals surface area contributed by atoms with E-state index in [4.69, 9.17) is 14.2 Å². The molecule has 0 fully saturated rings. The Bertz CT molecular complexity index is 1390. The van der Waals surface area contributed by atoms with Crippen LogP contribution in [-0.2, 0) is 23.8 Å². The van der Waals surface area contributed by atoms with Crippen molar-refractivity contribution in [3.63, 3.8) is 0 Å². The lowest BCUT2D eigenvalue weighted by Crippen LogP contribution is -2.30. The van der Waals surface area contributed by atoms with Gasteiger partial charge in [0.1, 0.15) is 6.61 Å². The first-order valence-electron chi connectivity index (χ1n) is 28.1. The molecule has 0 aliphatic carbocycles. The van der Waals surface area contributed by atoms with Gasteiger partial charge in [-0.2, -0.15) is 0 Å². The zero-order valence-electron chi connectivity index (χ0n) is 44.3. The standard InChI is InChI=1S/C63H104O5/c1-4-7-10-13-16-19-22-25-28-31-32-34-35-38-41-44-47-50-53-56-62(64)67-60-61(59-66-58-55-52-49-46-43-40-37-30-27-24-21-18-15-12-9-6-3)68-63(65)57-54-51-48-45-42-39-36-33-29-26-23-20-17-14-11-8-5-2/h8-9,11-12,16-21,25-30,36,39,45,48,61H,4-7,10,13-15,22-24,31-35,37-38,40-44,46-47,49-60H2,1-3H3/b11-8-,12-9-,19-16-,20-17-,21-18-,28-25-,29-26-,30-27-,39-36-,48-45-. The second kappa shape index (κ2) is 57.6. The third kappa shape index (κ3) is 54.9. The van der Waals surface area contributed by atoms with Crippen LogP contribution in [0.3, 0.4) is 0 Å². The maximum absolute atomic E-state index is 12.8. The molecule has 0 amide bonds. The summed E-state index contributed by atoms with van der Waals surface area (Å²) in [6.45, 7) is 7.48. The highest BCUT2D eigenvalue weighted by atomic mass is 16.6. The fourth-order valence-corrected chi connectivity index (χ4v) is 7.35. The summed E-state index contributed by atoms with van der Waals surface area (Å²) in [5, 5.41) is 0. The first-order valence-corrected chi connectivity index (χ1v) is 28.1. The Morgan fingerprint density at radius 2 is 0.676 bits per heavy atom. The van der Waals surface area contributed by atoms with Crippen molar-refractivity contribution in [3.8, 4) is 0 Å². The molecule has 0 radical (unpaired) electrons. The lowest BCUT2D eigenvalue weighted by Gasteiger charge is -2.18. The molecule has 0 aromatic carbocycles. The van der Waals surface area contributed by atoms with Crippen LogP contribution in [0.5, 0.6) is 0 Å². The van der Waals surface area contributed by atoms with Gasteiger partial charge in [-0.1, -0.05) is 226 Å². The second-order valence-corrected chi connectivity index (χ2v) is 18.1. The fraction of sp³-hybridized carbons (Fsp3) is 0.651. The summed E-state index contributed by atoms with van der Waals surface area (Å²) in [6, 6.07) is 0. The molecule has 0 rings (SSSR count). The average molecular weight is 942 g/mol. The van der Waals surface area contributed by atoms with Gasteiger partial charge in [0.15, 0.2) is 6.10 Å². The summed E-state index contributed by atoms with van der Waals surface area (Å²) in [4.78, 5) is 25.5. The first-order chi connectivity index (χ1) is 33.6. The Morgan fingerprint density at radius 3 is 1.10 bits per heavy atom. The summed E-state index contributed by atoms with van der Waals surface area (Å²) < 4.78 is 17.4. The van der Waals surface area contributed by atoms with E-state index in [0.717, 1.165) is 109 Å². The third-order valence-corrected chi connectivity index (χ3v) is 11.5. The number of rotatable bonds is 50. The van der Waals surface area contributed by atoms with Crippen molar-refractivity contribution in [2.24, 2.45) is 0 Å². The molecular formula is C63H104O5. The van der Waals surface area contributed by atoms with E-state index in [1.807, 2.05) is 0 Å². The largest absolute Gasteiger partial charge is 0.462 e. The number of carbonyl (C=O) groups excluding carboxylic acids is 2. The van der Waals surface area contributed by atoms with E-state index in [2.05, 4.69) is 142 Å². The van der Waals surface area contributed by atoms with E-state index in [-0.39, 0.29) is 25.2 Å². The molecule has 0 heterocycles. The SMILES string of the molecule is CC/C=C\C/C=C\C/C=C\C/C=C\C/C=C\CCCC(=O)OC(COCCCCCCCC/C=C\C/C=C\C/C=C\CC)COC(=O)CCCCCCCCCCC/C=C\C/C=C\CCCCC. The molecule has 0 aliphatic heterocycles. The Balaban J connectivity index is 4.40. The molecule has 0 saturated carbocycles. The molecule has 0 aliphatic rings. The zero-order chi connectivity index (χ0) is 49.2. The molecule has 0 saturated heterocycles. The summed E-state index contributed by atoms with van der Waals surface area (Å²) in [7, 11) is 0. The Morgan fingerprint density at radius 1 is 0.338 bits per heavy atom. The van der Waals surface area contributed by atoms with Crippen LogP contribution in [0, 0.1) is 0 Å². The molecule has 1 atom stereocenters. The molecule has 0 aromatic heterocycles. The van der Waals surface area contributed by atoms with Gasteiger partial charge in [-0.05, 0) is 122 Å². The topological polar surface area (TPSA) is 61.8 Å². The number of carbonyl (C=O) groups is 2. The summed E-state index contributed by atoms with van der Waals surface area (Å²) in [5.41, 5.74) is 0. The van der Waals surface area contributed by atoms with Crippen LogP contribution in [0.1, 0.15) is 239 Å². The number of allylic oxidation sites excluding steroid dienone is 20. The van der Waals surface area contributed by atoms with Crippen LogP contribution < -0.4 is 0 Å². The smallest absolute Gasteiger partial charge is 0.306 e. The summed E-state index contributed by atoms with van der Waals surface area (Å²) in [5.74, 6) is -0.481. The zero-order valence-corrected chi connectivity index (χ0v) is 44.3. The molecule has 5 nitrogen and oxygen atoms in total. The minimum atomic E-state index is -0.583. The Hall–Kier alpha value is -3.70. The third-order valence-electron chi connectivity index (χ3n) is 11.5. The number of hydrogen-bond acceptors (Lipinski definition) is 5. The molecule has 0 spiro atoms. The summed E-state index contributed by atoms with van der Waals surface area (Å²) >= 11 is 0. The molecule has 0 N–H and O–H groups in total. The maximum Gasteiger partial charge on any atom is 0.306 e. The van der Waals surface area contributed by atoms with Gasteiger partial charge in [0.2, 0.25) is 0 Å². The van der Waals surface area contributed by atoms with Crippen molar-refractivity contribution in [1.82, 2.24) is 0 Å². The number of ether oxygens (including phenoxy) is 3. The predicted octanol–water partition coefficient (Wildman–Crippen LogP) is 19.3. The van der Waals surface area contributed by atoms with Gasteiger partial charge in [-0.25, -0.2) is 0 Å². The Kier molecular flexibility index (Phi) is 54.5. The Labute approximate surface area is 420 Å². The van der Waals surface area contributed by atoms with Crippen LogP contribution in [-0.4, -0.2) is 37.9 Å². The second-order valence-electron chi connectivity index (χ2n) is 18.1. The molecule has 5 heteroatoms. The van der Waals surface area contributed by atoms with E-state index in [1.54, 1.807) is 0 Å². The van der Waals surface area contributed by atoms with E-state index >= 15 is 0 Å². The van der Waals surface area contributed by atoms with Crippen LogP contribution in [0.15, 0.2) is 122 Å². The predicted molar refractivity (Wildman–Crippen MR) is 297 cm³/mol. The van der Waals surface area contributed by atoms with Gasteiger partial charge in [-0.15, -0.1) is 0 Å². The first kappa shape index (κ1) is 64.3. The van der Waals surface area contributed by atoms with Gasteiger partial charge < -0.3 is 14.2 Å². The number of esters is 2. The van der Waals surface area contributed by atoms with Gasteiger partial charge in [-0.3, -0.25) is 9.59 Å². The van der Waals surface area contributed by atoms with Crippen LogP contribution in [0.4, 0.5) is 0 Å². The number of hydrogen-bond donors (Lipinski definition) is 0. The maximum atomic E-state index is 12.8. The van der Waals surface area contributed by atoms with Crippen molar-refractivity contribution >= 4 is 11.9 Å². The van der Waals surface area contributed by atoms with Crippen molar-refractivity contribution in [3.05, 3.63) is 122 Å². The molecule has 0 bridgehead atoms. The average Bonchev–Trinajstić information content (AvgIpc) is 3.34. The van der Waals surface area contributed by atoms with E-state index in [1.165, 1.54) is 96.3 Å². The van der Waals surface area contributed by atoms with E-state index in [0.29, 0.717) is 19.4 Å². The van der Waals surface area contributed by atoms with Crippen molar-refractivity contribution in [1.29, 1.82) is 0 Å². The molecule has 1 unspecified atom stereocenters. The lowest BCUT2D eigenvalue weighted by atomic mass is 10.1. The van der Waals surface area contributed by atoms with Gasteiger partial charge in [0.25, 0.3) is 0 Å². The van der Waals surface area contributed by atoms with E-state index < -0.39 is 6.10 Å². The van der Waals surface area contributed by atoms with Crippen molar-refractivity contribution in [2.75, 3.05) is 19.8 Å². The number of unbranched alkanes of at least 4 members (excludes halogenated alkanes) is 19. The lowest BCUT2D eigenvalue weighted by molar-refractivity contribution is -0.162.